The lowest BCUT2D eigenvalue weighted by Crippen LogP contribution is -2.31. The number of Topliss-reactive ketones (excluding diaryl/α,β-unsaturated/α-hetero) is 1. The number of nitrogens with one attached hydrogen (secondary N) is 1. The fourth-order valence-corrected chi connectivity index (χ4v) is 1.10. The zero-order chi connectivity index (χ0) is 11.3. The molecule has 0 spiro atoms. The average Bonchev–Trinajstić information content (AvgIpc) is 2.67. The van der Waals surface area contributed by atoms with E-state index >= 15 is 0 Å². The smallest absolute Gasteiger partial charge is 0.261 e. The molecule has 1 amide bonds. The summed E-state index contributed by atoms with van der Waals surface area (Å²) in [5.41, 5.74) is 2.26. The van der Waals surface area contributed by atoms with Gasteiger partial charge >= 0.3 is 0 Å². The van der Waals surface area contributed by atoms with Crippen LogP contribution in [0.5, 0.6) is 0 Å². The molecule has 3 N–H and O–H groups in total. The highest BCUT2D eigenvalue weighted by Crippen LogP contribution is 2.10. The number of ketones is 1. The van der Waals surface area contributed by atoms with Crippen LogP contribution >= 0.6 is 0 Å². The van der Waals surface area contributed by atoms with Gasteiger partial charge in [-0.05, 0) is 25.1 Å². The van der Waals surface area contributed by atoms with Gasteiger partial charge in [-0.25, -0.2) is 5.84 Å². The minimum absolute atomic E-state index is 0.0315. The van der Waals surface area contributed by atoms with E-state index in [0.717, 1.165) is 0 Å². The number of hydrogen-bond donors (Lipinski definition) is 2. The lowest BCUT2D eigenvalue weighted by atomic mass is 10.1. The number of furan rings is 1. The molecule has 0 saturated heterocycles. The van der Waals surface area contributed by atoms with Crippen LogP contribution in [0.2, 0.25) is 0 Å². The first-order chi connectivity index (χ1) is 7.13. The van der Waals surface area contributed by atoms with Gasteiger partial charge in [0.15, 0.2) is 0 Å². The van der Waals surface area contributed by atoms with E-state index < -0.39 is 5.91 Å². The van der Waals surface area contributed by atoms with Crippen LogP contribution in [0.15, 0.2) is 28.4 Å². The summed E-state index contributed by atoms with van der Waals surface area (Å²) in [6.45, 7) is 1.40. The standard InChI is InChI=1S/C10H12N2O3/c1-7(13)5-8(10(14)12-11)6-9-3-2-4-15-9/h2-4,6H,5,11H2,1H3,(H,12,14)/b8-6+. The van der Waals surface area contributed by atoms with Crippen molar-refractivity contribution in [3.8, 4) is 0 Å². The van der Waals surface area contributed by atoms with E-state index in [1.54, 1.807) is 12.1 Å². The van der Waals surface area contributed by atoms with Gasteiger partial charge in [0.1, 0.15) is 11.5 Å². The maximum absolute atomic E-state index is 11.3. The van der Waals surface area contributed by atoms with Crippen molar-refractivity contribution < 1.29 is 14.0 Å². The molecule has 0 saturated carbocycles. The minimum atomic E-state index is -0.485. The lowest BCUT2D eigenvalue weighted by Gasteiger charge is -2.02. The van der Waals surface area contributed by atoms with Crippen molar-refractivity contribution in [2.24, 2.45) is 5.84 Å². The molecule has 0 aliphatic heterocycles. The molecule has 0 aliphatic carbocycles. The number of amides is 1. The molecule has 0 unspecified atom stereocenters. The highest BCUT2D eigenvalue weighted by Gasteiger charge is 2.10. The third-order valence-electron chi connectivity index (χ3n) is 1.72. The molecule has 0 bridgehead atoms. The van der Waals surface area contributed by atoms with Gasteiger partial charge < -0.3 is 4.42 Å². The zero-order valence-electron chi connectivity index (χ0n) is 8.32. The summed E-state index contributed by atoms with van der Waals surface area (Å²) in [7, 11) is 0. The summed E-state index contributed by atoms with van der Waals surface area (Å²) in [4.78, 5) is 22.2. The summed E-state index contributed by atoms with van der Waals surface area (Å²) in [5.74, 6) is 4.91. The fourth-order valence-electron chi connectivity index (χ4n) is 1.10. The molecule has 0 atom stereocenters. The molecule has 1 heterocycles. The molecule has 0 fully saturated rings. The van der Waals surface area contributed by atoms with E-state index in [2.05, 4.69) is 0 Å². The first-order valence-corrected chi connectivity index (χ1v) is 4.38. The monoisotopic (exact) mass is 208 g/mol. The number of carbonyl (C=O) groups is 2. The van der Waals surface area contributed by atoms with E-state index in [9.17, 15) is 9.59 Å². The summed E-state index contributed by atoms with van der Waals surface area (Å²) in [6.07, 6.45) is 3.00. The molecular formula is C10H12N2O3. The van der Waals surface area contributed by atoms with Gasteiger partial charge in [-0.2, -0.15) is 0 Å². The van der Waals surface area contributed by atoms with Crippen LogP contribution in [0, 0.1) is 0 Å². The second kappa shape index (κ2) is 5.11. The molecule has 5 heteroatoms. The number of hydrogen-bond acceptors (Lipinski definition) is 4. The minimum Gasteiger partial charge on any atom is -0.465 e. The van der Waals surface area contributed by atoms with Crippen molar-refractivity contribution in [2.45, 2.75) is 13.3 Å². The largest absolute Gasteiger partial charge is 0.465 e. The van der Waals surface area contributed by atoms with Gasteiger partial charge in [0.2, 0.25) is 0 Å². The van der Waals surface area contributed by atoms with Crippen LogP contribution in [0.25, 0.3) is 6.08 Å². The van der Waals surface area contributed by atoms with E-state index in [4.69, 9.17) is 10.3 Å². The van der Waals surface area contributed by atoms with Gasteiger partial charge in [0, 0.05) is 12.0 Å². The molecule has 80 valence electrons. The Balaban J connectivity index is 2.90. The Bertz CT molecular complexity index is 379. The SMILES string of the molecule is CC(=O)C/C(=C\c1ccco1)C(=O)NN. The fraction of sp³-hybridized carbons (Fsp3) is 0.200. The molecule has 1 aromatic heterocycles. The summed E-state index contributed by atoms with van der Waals surface area (Å²) in [6, 6.07) is 3.38. The first kappa shape index (κ1) is 11.2. The van der Waals surface area contributed by atoms with Crippen molar-refractivity contribution >= 4 is 17.8 Å². The number of nitrogens with two attached hydrogens (primary N) is 1. The first-order valence-electron chi connectivity index (χ1n) is 4.38. The molecule has 1 rings (SSSR count). The highest BCUT2D eigenvalue weighted by molar-refractivity contribution is 6.01. The third-order valence-corrected chi connectivity index (χ3v) is 1.72. The Labute approximate surface area is 86.9 Å². The van der Waals surface area contributed by atoms with Crippen LogP contribution in [-0.4, -0.2) is 11.7 Å². The van der Waals surface area contributed by atoms with Gasteiger partial charge in [0.05, 0.1) is 6.26 Å². The Morgan fingerprint density at radius 3 is 2.80 bits per heavy atom. The second-order valence-corrected chi connectivity index (χ2v) is 3.04. The Kier molecular flexibility index (Phi) is 3.82. The number of carbonyl (C=O) groups excluding carboxylic acids is 2. The van der Waals surface area contributed by atoms with Crippen LogP contribution in [0.3, 0.4) is 0 Å². The quantitative estimate of drug-likeness (QED) is 0.329. The summed E-state index contributed by atoms with van der Waals surface area (Å²) >= 11 is 0. The highest BCUT2D eigenvalue weighted by atomic mass is 16.3. The maximum atomic E-state index is 11.3. The van der Waals surface area contributed by atoms with E-state index in [-0.39, 0.29) is 17.8 Å². The van der Waals surface area contributed by atoms with Crippen molar-refractivity contribution in [1.82, 2.24) is 5.43 Å². The van der Waals surface area contributed by atoms with Crippen LogP contribution in [0.1, 0.15) is 19.1 Å². The molecule has 0 aromatic carbocycles. The predicted octanol–water partition coefficient (Wildman–Crippen LogP) is 0.632. The molecule has 0 radical (unpaired) electrons. The van der Waals surface area contributed by atoms with E-state index in [0.29, 0.717) is 5.76 Å². The zero-order valence-corrected chi connectivity index (χ0v) is 8.32. The normalized spacial score (nSPS) is 11.2. The van der Waals surface area contributed by atoms with Crippen LogP contribution in [-0.2, 0) is 9.59 Å². The van der Waals surface area contributed by atoms with Crippen molar-refractivity contribution in [3.05, 3.63) is 29.7 Å². The van der Waals surface area contributed by atoms with Gasteiger partial charge in [0.25, 0.3) is 5.91 Å². The van der Waals surface area contributed by atoms with E-state index in [1.165, 1.54) is 19.3 Å². The van der Waals surface area contributed by atoms with Crippen LogP contribution in [0.4, 0.5) is 0 Å². The van der Waals surface area contributed by atoms with Crippen molar-refractivity contribution in [3.63, 3.8) is 0 Å². The molecule has 15 heavy (non-hydrogen) atoms. The Morgan fingerprint density at radius 2 is 2.33 bits per heavy atom. The second-order valence-electron chi connectivity index (χ2n) is 3.04. The van der Waals surface area contributed by atoms with Gasteiger partial charge in [-0.3, -0.25) is 15.0 Å². The van der Waals surface area contributed by atoms with Crippen molar-refractivity contribution in [2.75, 3.05) is 0 Å². The Morgan fingerprint density at radius 1 is 1.60 bits per heavy atom. The maximum Gasteiger partial charge on any atom is 0.261 e. The molecule has 0 aliphatic rings. The molecular weight excluding hydrogens is 196 g/mol. The van der Waals surface area contributed by atoms with E-state index in [1.807, 2.05) is 5.43 Å². The van der Waals surface area contributed by atoms with Gasteiger partial charge in [-0.1, -0.05) is 0 Å². The van der Waals surface area contributed by atoms with Crippen LogP contribution < -0.4 is 11.3 Å². The topological polar surface area (TPSA) is 85.3 Å². The molecule has 5 nitrogen and oxygen atoms in total. The van der Waals surface area contributed by atoms with Gasteiger partial charge in [-0.15, -0.1) is 0 Å². The Hall–Kier alpha value is -1.88. The average molecular weight is 208 g/mol. The summed E-state index contributed by atoms with van der Waals surface area (Å²) < 4.78 is 5.03. The van der Waals surface area contributed by atoms with Crippen molar-refractivity contribution in [1.29, 1.82) is 0 Å². The molecule has 1 aromatic rings. The number of rotatable bonds is 4. The lowest BCUT2D eigenvalue weighted by molar-refractivity contribution is -0.120. The summed E-state index contributed by atoms with van der Waals surface area (Å²) in [5, 5.41) is 0. The predicted molar refractivity (Wildman–Crippen MR) is 54.3 cm³/mol. The number of hydrazine groups is 1. The third kappa shape index (κ3) is 3.40.